The molecule has 1 saturated heterocycles. The highest BCUT2D eigenvalue weighted by Crippen LogP contribution is 2.25. The summed E-state index contributed by atoms with van der Waals surface area (Å²) in [4.78, 5) is 13.4. The van der Waals surface area contributed by atoms with Crippen molar-refractivity contribution in [3.63, 3.8) is 0 Å². The van der Waals surface area contributed by atoms with Crippen LogP contribution in [0.15, 0.2) is 5.38 Å². The van der Waals surface area contributed by atoms with E-state index in [-0.39, 0.29) is 0 Å². The second-order valence-corrected chi connectivity index (χ2v) is 5.54. The number of aromatic amines is 2. The second kappa shape index (κ2) is 4.79. The van der Waals surface area contributed by atoms with Crippen LogP contribution in [0.5, 0.6) is 0 Å². The van der Waals surface area contributed by atoms with Gasteiger partial charge < -0.3 is 9.80 Å². The summed E-state index contributed by atoms with van der Waals surface area (Å²) in [5.41, 5.74) is 0.848. The average Bonchev–Trinajstić information content (AvgIpc) is 2.98. The smallest absolute Gasteiger partial charge is 0.213 e. The number of H-pyrrole nitrogens is 2. The Labute approximate surface area is 114 Å². The van der Waals surface area contributed by atoms with Gasteiger partial charge in [0.1, 0.15) is 5.69 Å². The van der Waals surface area contributed by atoms with Crippen LogP contribution in [0.1, 0.15) is 0 Å². The first-order valence-electron chi connectivity index (χ1n) is 5.76. The Kier molecular flexibility index (Phi) is 3.14. The van der Waals surface area contributed by atoms with Crippen molar-refractivity contribution in [2.45, 2.75) is 0 Å². The highest BCUT2D eigenvalue weighted by molar-refractivity contribution is 7.71. The average molecular weight is 282 g/mol. The molecule has 1 aliphatic heterocycles. The SMILES string of the molecule is CN1CCN(c2nc(-c3nc(=S)[nH][nH]3)cs2)CC1. The minimum atomic E-state index is 0.458. The van der Waals surface area contributed by atoms with Gasteiger partial charge in [-0.1, -0.05) is 0 Å². The Hall–Kier alpha value is -1.25. The third-order valence-electron chi connectivity index (χ3n) is 3.01. The standard InChI is InChI=1S/C10H14N6S2/c1-15-2-4-16(5-3-15)10-11-7(6-18-10)8-12-9(17)14-13-8/h6H,2-5H2,1H3,(H2,12,13,14,17). The van der Waals surface area contributed by atoms with E-state index in [1.165, 1.54) is 0 Å². The first kappa shape index (κ1) is 11.8. The maximum atomic E-state index is 4.94. The van der Waals surface area contributed by atoms with Crippen LogP contribution in [0.3, 0.4) is 0 Å². The Morgan fingerprint density at radius 1 is 1.22 bits per heavy atom. The van der Waals surface area contributed by atoms with Gasteiger partial charge in [-0.3, -0.25) is 10.2 Å². The fourth-order valence-electron chi connectivity index (χ4n) is 1.91. The molecule has 0 bridgehead atoms. The molecule has 0 atom stereocenters. The Balaban J connectivity index is 1.79. The highest BCUT2D eigenvalue weighted by Gasteiger charge is 2.17. The van der Waals surface area contributed by atoms with E-state index in [1.807, 2.05) is 5.38 Å². The summed E-state index contributed by atoms with van der Waals surface area (Å²) in [6.45, 7) is 4.22. The van der Waals surface area contributed by atoms with Gasteiger partial charge in [0.15, 0.2) is 11.0 Å². The Morgan fingerprint density at radius 2 is 2.00 bits per heavy atom. The lowest BCUT2D eigenvalue weighted by molar-refractivity contribution is 0.313. The van der Waals surface area contributed by atoms with E-state index in [9.17, 15) is 0 Å². The van der Waals surface area contributed by atoms with Gasteiger partial charge in [-0.05, 0) is 19.3 Å². The predicted molar refractivity (Wildman–Crippen MR) is 74.6 cm³/mol. The van der Waals surface area contributed by atoms with Crippen molar-refractivity contribution in [3.8, 4) is 11.5 Å². The van der Waals surface area contributed by atoms with Crippen LogP contribution in [0.4, 0.5) is 5.13 Å². The molecule has 1 fully saturated rings. The lowest BCUT2D eigenvalue weighted by Gasteiger charge is -2.32. The first-order chi connectivity index (χ1) is 8.72. The van der Waals surface area contributed by atoms with Gasteiger partial charge in [0, 0.05) is 31.6 Å². The van der Waals surface area contributed by atoms with Crippen molar-refractivity contribution in [3.05, 3.63) is 10.2 Å². The third kappa shape index (κ3) is 2.31. The molecule has 0 aromatic carbocycles. The van der Waals surface area contributed by atoms with Gasteiger partial charge >= 0.3 is 0 Å². The summed E-state index contributed by atoms with van der Waals surface area (Å²) < 4.78 is 0.458. The molecule has 2 N–H and O–H groups in total. The van der Waals surface area contributed by atoms with E-state index >= 15 is 0 Å². The van der Waals surface area contributed by atoms with Gasteiger partial charge in [0.2, 0.25) is 4.77 Å². The maximum Gasteiger partial charge on any atom is 0.213 e. The molecule has 0 spiro atoms. The number of anilines is 1. The number of likely N-dealkylation sites (N-methyl/N-ethyl adjacent to an activating group) is 1. The number of rotatable bonds is 2. The van der Waals surface area contributed by atoms with Gasteiger partial charge in [0.05, 0.1) is 0 Å². The van der Waals surface area contributed by atoms with Crippen LogP contribution < -0.4 is 4.90 Å². The largest absolute Gasteiger partial charge is 0.346 e. The molecule has 0 aliphatic carbocycles. The van der Waals surface area contributed by atoms with Gasteiger partial charge in [-0.15, -0.1) is 11.3 Å². The zero-order chi connectivity index (χ0) is 12.5. The summed E-state index contributed by atoms with van der Waals surface area (Å²) in [7, 11) is 2.15. The summed E-state index contributed by atoms with van der Waals surface area (Å²) >= 11 is 6.59. The zero-order valence-corrected chi connectivity index (χ0v) is 11.6. The monoisotopic (exact) mass is 282 g/mol. The molecule has 6 nitrogen and oxygen atoms in total. The van der Waals surface area contributed by atoms with Crippen LogP contribution in [-0.2, 0) is 0 Å². The van der Waals surface area contributed by atoms with Crippen molar-refractivity contribution >= 4 is 28.7 Å². The quantitative estimate of drug-likeness (QED) is 0.814. The number of thiazole rings is 1. The normalized spacial score (nSPS) is 17.3. The number of nitrogens with zero attached hydrogens (tertiary/aromatic N) is 4. The first-order valence-corrected chi connectivity index (χ1v) is 7.05. The molecular formula is C10H14N6S2. The number of hydrogen-bond acceptors (Lipinski definition) is 6. The van der Waals surface area contributed by atoms with Crippen molar-refractivity contribution in [1.82, 2.24) is 25.1 Å². The van der Waals surface area contributed by atoms with Crippen LogP contribution >= 0.6 is 23.6 Å². The summed E-state index contributed by atoms with van der Waals surface area (Å²) in [6, 6.07) is 0. The van der Waals surface area contributed by atoms with E-state index in [1.54, 1.807) is 11.3 Å². The molecular weight excluding hydrogens is 268 g/mol. The van der Waals surface area contributed by atoms with Gasteiger partial charge in [-0.25, -0.2) is 4.98 Å². The predicted octanol–water partition coefficient (Wildman–Crippen LogP) is 1.34. The Morgan fingerprint density at radius 3 is 2.67 bits per heavy atom. The number of aromatic nitrogens is 4. The van der Waals surface area contributed by atoms with Crippen molar-refractivity contribution < 1.29 is 0 Å². The van der Waals surface area contributed by atoms with Crippen LogP contribution in [-0.4, -0.2) is 58.3 Å². The summed E-state index contributed by atoms with van der Waals surface area (Å²) in [5.74, 6) is 0.705. The van der Waals surface area contributed by atoms with Crippen LogP contribution in [0.25, 0.3) is 11.5 Å². The van der Waals surface area contributed by atoms with Crippen LogP contribution in [0.2, 0.25) is 0 Å². The molecule has 0 saturated carbocycles. The molecule has 18 heavy (non-hydrogen) atoms. The third-order valence-corrected chi connectivity index (χ3v) is 4.10. The summed E-state index contributed by atoms with van der Waals surface area (Å²) in [5, 5.41) is 8.77. The van der Waals surface area contributed by atoms with E-state index in [2.05, 4.69) is 37.0 Å². The molecule has 3 rings (SSSR count). The fraction of sp³-hybridized carbons (Fsp3) is 0.500. The topological polar surface area (TPSA) is 63.8 Å². The fourth-order valence-corrected chi connectivity index (χ4v) is 2.91. The van der Waals surface area contributed by atoms with Crippen molar-refractivity contribution in [1.29, 1.82) is 0 Å². The molecule has 2 aromatic rings. The molecule has 0 radical (unpaired) electrons. The molecule has 0 unspecified atom stereocenters. The van der Waals surface area contributed by atoms with Gasteiger partial charge in [0.25, 0.3) is 0 Å². The van der Waals surface area contributed by atoms with Crippen molar-refractivity contribution in [2.24, 2.45) is 0 Å². The van der Waals surface area contributed by atoms with E-state index in [0.29, 0.717) is 10.6 Å². The molecule has 2 aromatic heterocycles. The minimum absolute atomic E-state index is 0.458. The highest BCUT2D eigenvalue weighted by atomic mass is 32.1. The van der Waals surface area contributed by atoms with Crippen LogP contribution in [0, 0.1) is 4.77 Å². The number of nitrogens with one attached hydrogen (secondary N) is 2. The Bertz CT molecular complexity index is 577. The zero-order valence-electron chi connectivity index (χ0n) is 10.0. The van der Waals surface area contributed by atoms with E-state index in [0.717, 1.165) is 37.0 Å². The molecule has 96 valence electrons. The lowest BCUT2D eigenvalue weighted by Crippen LogP contribution is -2.44. The minimum Gasteiger partial charge on any atom is -0.346 e. The van der Waals surface area contributed by atoms with E-state index in [4.69, 9.17) is 12.2 Å². The number of piperazine rings is 1. The maximum absolute atomic E-state index is 4.94. The molecule has 0 amide bonds. The molecule has 1 aliphatic rings. The lowest BCUT2D eigenvalue weighted by atomic mass is 10.3. The van der Waals surface area contributed by atoms with Crippen molar-refractivity contribution in [2.75, 3.05) is 38.1 Å². The molecule has 3 heterocycles. The van der Waals surface area contributed by atoms with Gasteiger partial charge in [-0.2, -0.15) is 4.98 Å². The molecule has 8 heteroatoms. The van der Waals surface area contributed by atoms with E-state index < -0.39 is 0 Å². The number of hydrogen-bond donors (Lipinski definition) is 2. The second-order valence-electron chi connectivity index (χ2n) is 4.32. The summed E-state index contributed by atoms with van der Waals surface area (Å²) in [6.07, 6.45) is 0.